The van der Waals surface area contributed by atoms with E-state index in [9.17, 15) is 39.3 Å². The third-order valence-corrected chi connectivity index (χ3v) is 13.4. The second-order valence-electron chi connectivity index (χ2n) is 16.3. The molecular formula is C37H59N7O8. The Balaban J connectivity index is 0.971. The number of hydrogen-bond donors (Lipinski definition) is 9. The summed E-state index contributed by atoms with van der Waals surface area (Å²) in [6, 6.07) is 0. The molecule has 0 bridgehead atoms. The first-order chi connectivity index (χ1) is 24.7. The molecule has 290 valence electrons. The normalized spacial score (nSPS) is 34.1. The zero-order valence-corrected chi connectivity index (χ0v) is 30.8. The summed E-state index contributed by atoms with van der Waals surface area (Å²) in [7, 11) is 0. The lowest BCUT2D eigenvalue weighted by Crippen LogP contribution is -2.62. The van der Waals surface area contributed by atoms with E-state index in [4.69, 9.17) is 0 Å². The summed E-state index contributed by atoms with van der Waals surface area (Å²) in [6.45, 7) is 5.74. The topological polar surface area (TPSA) is 235 Å². The first-order valence-electron chi connectivity index (χ1n) is 19.1. The smallest absolute Gasteiger partial charge is 0.239 e. The Bertz CT molecular complexity index is 1430. The average Bonchev–Trinajstić information content (AvgIpc) is 3.76. The van der Waals surface area contributed by atoms with Crippen LogP contribution in [0.2, 0.25) is 0 Å². The minimum atomic E-state index is -0.598. The molecular weight excluding hydrogens is 670 g/mol. The molecule has 4 aliphatic rings. The number of aromatic amines is 1. The second kappa shape index (κ2) is 17.1. The molecule has 15 heteroatoms. The predicted molar refractivity (Wildman–Crippen MR) is 190 cm³/mol. The van der Waals surface area contributed by atoms with E-state index < -0.39 is 29.9 Å². The van der Waals surface area contributed by atoms with Gasteiger partial charge >= 0.3 is 0 Å². The van der Waals surface area contributed by atoms with Crippen molar-refractivity contribution in [1.29, 1.82) is 0 Å². The van der Waals surface area contributed by atoms with Crippen molar-refractivity contribution in [2.24, 2.45) is 46.3 Å². The third kappa shape index (κ3) is 8.96. The van der Waals surface area contributed by atoms with E-state index in [1.807, 2.05) is 0 Å². The summed E-state index contributed by atoms with van der Waals surface area (Å²) in [5.41, 5.74) is 0.532. The van der Waals surface area contributed by atoms with Crippen molar-refractivity contribution in [2.75, 3.05) is 32.7 Å². The summed E-state index contributed by atoms with van der Waals surface area (Å²) in [5, 5.41) is 46.1. The van der Waals surface area contributed by atoms with E-state index in [1.54, 1.807) is 12.5 Å². The summed E-state index contributed by atoms with van der Waals surface area (Å²) < 4.78 is 0. The van der Waals surface area contributed by atoms with Gasteiger partial charge in [0.15, 0.2) is 0 Å². The van der Waals surface area contributed by atoms with E-state index in [2.05, 4.69) is 57.3 Å². The molecule has 11 atom stereocenters. The highest BCUT2D eigenvalue weighted by atomic mass is 16.3. The number of carbonyl (C=O) groups is 5. The van der Waals surface area contributed by atoms with Gasteiger partial charge in [-0.05, 0) is 97.7 Å². The highest BCUT2D eigenvalue weighted by Gasteiger charge is 2.65. The van der Waals surface area contributed by atoms with Crippen molar-refractivity contribution >= 4 is 29.5 Å². The van der Waals surface area contributed by atoms with Crippen LogP contribution in [0.15, 0.2) is 12.5 Å². The maximum Gasteiger partial charge on any atom is 0.239 e. The first kappa shape index (κ1) is 39.6. The largest absolute Gasteiger partial charge is 0.393 e. The minimum Gasteiger partial charge on any atom is -0.393 e. The van der Waals surface area contributed by atoms with Crippen molar-refractivity contribution in [3.63, 3.8) is 0 Å². The lowest BCUT2D eigenvalue weighted by molar-refractivity contribution is -0.207. The molecule has 15 nitrogen and oxygen atoms in total. The summed E-state index contributed by atoms with van der Waals surface area (Å²) in [5.74, 6) is -1.18. The highest BCUT2D eigenvalue weighted by molar-refractivity contribution is 5.91. The number of aliphatic hydroxyl groups excluding tert-OH is 3. The van der Waals surface area contributed by atoms with Crippen LogP contribution in [-0.4, -0.2) is 106 Å². The fourth-order valence-electron chi connectivity index (χ4n) is 10.5. The Hall–Kier alpha value is -3.56. The number of nitrogens with zero attached hydrogens (tertiary/aromatic N) is 1. The molecule has 1 heterocycles. The van der Waals surface area contributed by atoms with Gasteiger partial charge in [-0.1, -0.05) is 20.8 Å². The molecule has 1 aromatic heterocycles. The molecule has 4 aliphatic carbocycles. The molecule has 52 heavy (non-hydrogen) atoms. The molecule has 0 saturated heterocycles. The van der Waals surface area contributed by atoms with Crippen molar-refractivity contribution < 1.29 is 39.3 Å². The van der Waals surface area contributed by atoms with Gasteiger partial charge in [0, 0.05) is 31.3 Å². The molecule has 0 radical (unpaired) electrons. The van der Waals surface area contributed by atoms with E-state index in [0.717, 1.165) is 37.8 Å². The molecule has 1 aromatic rings. The predicted octanol–water partition coefficient (Wildman–Crippen LogP) is -0.0891. The van der Waals surface area contributed by atoms with Crippen LogP contribution in [0.4, 0.5) is 0 Å². The number of hydrogen-bond acceptors (Lipinski definition) is 9. The number of aromatic nitrogens is 2. The van der Waals surface area contributed by atoms with E-state index in [-0.39, 0.29) is 96.9 Å². The van der Waals surface area contributed by atoms with Gasteiger partial charge in [-0.15, -0.1) is 0 Å². The van der Waals surface area contributed by atoms with Gasteiger partial charge in [0.1, 0.15) is 0 Å². The van der Waals surface area contributed by atoms with Gasteiger partial charge in [-0.25, -0.2) is 4.98 Å². The Labute approximate surface area is 305 Å². The van der Waals surface area contributed by atoms with Gasteiger partial charge in [0.05, 0.1) is 50.8 Å². The molecule has 5 rings (SSSR count). The average molecular weight is 730 g/mol. The van der Waals surface area contributed by atoms with Gasteiger partial charge in [0.25, 0.3) is 0 Å². The van der Waals surface area contributed by atoms with E-state index in [0.29, 0.717) is 32.2 Å². The maximum atomic E-state index is 12.7. The van der Waals surface area contributed by atoms with Gasteiger partial charge < -0.3 is 46.9 Å². The van der Waals surface area contributed by atoms with Crippen LogP contribution in [-0.2, 0) is 30.4 Å². The van der Waals surface area contributed by atoms with Crippen molar-refractivity contribution in [1.82, 2.24) is 36.6 Å². The number of nitrogens with one attached hydrogen (secondary N) is 6. The minimum absolute atomic E-state index is 0.0163. The number of amides is 5. The Morgan fingerprint density at radius 1 is 0.827 bits per heavy atom. The maximum absolute atomic E-state index is 12.7. The number of fused-ring (bicyclic) bond motifs is 5. The zero-order chi connectivity index (χ0) is 37.6. The number of imidazole rings is 1. The molecule has 0 aliphatic heterocycles. The monoisotopic (exact) mass is 729 g/mol. The Morgan fingerprint density at radius 3 is 2.06 bits per heavy atom. The number of H-pyrrole nitrogens is 1. The van der Waals surface area contributed by atoms with Crippen molar-refractivity contribution in [3.05, 3.63) is 18.2 Å². The summed E-state index contributed by atoms with van der Waals surface area (Å²) in [6.07, 6.45) is 9.04. The molecule has 0 unspecified atom stereocenters. The molecule has 4 fully saturated rings. The molecule has 9 N–H and O–H groups in total. The molecule has 5 amide bonds. The van der Waals surface area contributed by atoms with E-state index >= 15 is 0 Å². The number of carbonyl (C=O) groups excluding carboxylic acids is 5. The quantitative estimate of drug-likeness (QED) is 0.117. The van der Waals surface area contributed by atoms with Crippen LogP contribution in [0.5, 0.6) is 0 Å². The number of rotatable bonds is 15. The Kier molecular flexibility index (Phi) is 13.0. The summed E-state index contributed by atoms with van der Waals surface area (Å²) >= 11 is 0. The van der Waals surface area contributed by atoms with Crippen LogP contribution in [0, 0.1) is 46.3 Å². The lowest BCUT2D eigenvalue weighted by atomic mass is 9.43. The zero-order valence-electron chi connectivity index (χ0n) is 30.8. The standard InChI is InChI=1S/C37H59N7O8/c1-21(25-5-6-26-35-27(14-29(47)37(25,26)3)36(2)10-8-24(45)12-22(36)13-28(35)46)4-7-30(48)40-17-32(50)42-19-34(52)43-18-33(51)41-16-31(49)39-11-9-23-15-38-20-44-23/h15,20-22,24-29,35,45-47H,4-14,16-19H2,1-3H3,(H,38,44)(H,39,49)(H,40,48)(H,41,51)(H,42,50)(H,43,52)/t21-,22+,24-,25-,26+,27+,28-,29+,35+,36+,37-/m1/s1. The highest BCUT2D eigenvalue weighted by Crippen LogP contribution is 2.68. The second-order valence-corrected chi connectivity index (χ2v) is 16.3. The SMILES string of the molecule is C[C@H](CCC(=O)NCC(=O)NCC(=O)NCC(=O)NCC(=O)NCCc1cnc[nH]1)[C@H]1CC[C@H]2[C@@H]3[C@H](O)C[C@@H]4C[C@H](O)CC[C@]4(C)[C@H]3C[C@H](O)[C@]12C. The summed E-state index contributed by atoms with van der Waals surface area (Å²) in [4.78, 5) is 67.8. The fourth-order valence-corrected chi connectivity index (χ4v) is 10.5. The van der Waals surface area contributed by atoms with Crippen molar-refractivity contribution in [3.8, 4) is 0 Å². The van der Waals surface area contributed by atoms with Crippen LogP contribution in [0.25, 0.3) is 0 Å². The fraction of sp³-hybridized carbons (Fsp3) is 0.784. The molecule has 0 spiro atoms. The van der Waals surface area contributed by atoms with Gasteiger partial charge in [-0.3, -0.25) is 24.0 Å². The third-order valence-electron chi connectivity index (χ3n) is 13.4. The van der Waals surface area contributed by atoms with E-state index in [1.165, 1.54) is 0 Å². The number of aliphatic hydroxyl groups is 3. The van der Waals surface area contributed by atoms with Crippen LogP contribution < -0.4 is 26.6 Å². The van der Waals surface area contributed by atoms with Gasteiger partial charge in [0.2, 0.25) is 29.5 Å². The molecule has 4 saturated carbocycles. The molecule has 0 aromatic carbocycles. The van der Waals surface area contributed by atoms with Crippen LogP contribution in [0.3, 0.4) is 0 Å². The van der Waals surface area contributed by atoms with Crippen LogP contribution in [0.1, 0.15) is 84.3 Å². The van der Waals surface area contributed by atoms with Crippen molar-refractivity contribution in [2.45, 2.75) is 103 Å². The van der Waals surface area contributed by atoms with Gasteiger partial charge in [-0.2, -0.15) is 0 Å². The first-order valence-corrected chi connectivity index (χ1v) is 19.1. The Morgan fingerprint density at radius 2 is 1.44 bits per heavy atom. The van der Waals surface area contributed by atoms with Crippen LogP contribution >= 0.6 is 0 Å². The lowest BCUT2D eigenvalue weighted by Gasteiger charge is -2.63.